The lowest BCUT2D eigenvalue weighted by Gasteiger charge is -2.34. The molecule has 6 heterocycles. The molecule has 1 fully saturated rings. The molecule has 3 aliphatic rings. The molecule has 232 valence electrons. The average Bonchev–Trinajstić information content (AvgIpc) is 3.32. The Labute approximate surface area is 260 Å². The molecule has 3 aliphatic heterocycles. The minimum atomic E-state index is -0.277. The van der Waals surface area contributed by atoms with Gasteiger partial charge in [0.05, 0.1) is 7.11 Å². The van der Waals surface area contributed by atoms with Crippen LogP contribution in [0.4, 0.5) is 23.1 Å². The van der Waals surface area contributed by atoms with Gasteiger partial charge in [0.15, 0.2) is 29.6 Å². The van der Waals surface area contributed by atoms with Crippen LogP contribution in [0.3, 0.4) is 0 Å². The molecule has 4 aromatic rings. The van der Waals surface area contributed by atoms with E-state index in [0.29, 0.717) is 53.1 Å². The van der Waals surface area contributed by atoms with Crippen molar-refractivity contribution in [1.82, 2.24) is 29.2 Å². The third kappa shape index (κ3) is 5.64. The van der Waals surface area contributed by atoms with Crippen LogP contribution in [0.1, 0.15) is 25.7 Å². The summed E-state index contributed by atoms with van der Waals surface area (Å²) >= 11 is 0. The van der Waals surface area contributed by atoms with E-state index in [2.05, 4.69) is 45.1 Å². The number of benzene rings is 1. The van der Waals surface area contributed by atoms with Crippen LogP contribution in [0, 0.1) is 11.8 Å². The predicted molar refractivity (Wildman–Crippen MR) is 171 cm³/mol. The number of methoxy groups -OCH3 is 1. The summed E-state index contributed by atoms with van der Waals surface area (Å²) in [5.41, 5.74) is 1.89. The van der Waals surface area contributed by atoms with E-state index < -0.39 is 0 Å². The van der Waals surface area contributed by atoms with E-state index in [1.54, 1.807) is 28.8 Å². The molecule has 13 nitrogen and oxygen atoms in total. The largest absolute Gasteiger partial charge is 0.497 e. The Bertz CT molecular complexity index is 1880. The van der Waals surface area contributed by atoms with Crippen LogP contribution in [0.25, 0.3) is 16.9 Å². The van der Waals surface area contributed by atoms with E-state index in [1.165, 1.54) is 10.9 Å². The molecule has 13 heteroatoms. The number of carbonyl (C=O) groups is 1. The van der Waals surface area contributed by atoms with Gasteiger partial charge in [-0.25, -0.2) is 19.3 Å². The van der Waals surface area contributed by atoms with E-state index in [-0.39, 0.29) is 24.6 Å². The lowest BCUT2D eigenvalue weighted by atomic mass is 10.2. The summed E-state index contributed by atoms with van der Waals surface area (Å²) in [5, 5.41) is 3.65. The summed E-state index contributed by atoms with van der Waals surface area (Å²) in [4.78, 5) is 47.0. The maximum Gasteiger partial charge on any atom is 0.279 e. The Morgan fingerprint density at radius 3 is 2.69 bits per heavy atom. The van der Waals surface area contributed by atoms with Crippen LogP contribution in [-0.2, 0) is 11.3 Å². The number of nitrogens with one attached hydrogen (secondary N) is 1. The first-order chi connectivity index (χ1) is 22.0. The van der Waals surface area contributed by atoms with E-state index in [4.69, 9.17) is 19.4 Å². The van der Waals surface area contributed by atoms with E-state index in [9.17, 15) is 9.59 Å². The second-order valence-electron chi connectivity index (χ2n) is 11.4. The topological polar surface area (TPSA) is 123 Å². The summed E-state index contributed by atoms with van der Waals surface area (Å²) in [5.74, 6) is 8.61. The summed E-state index contributed by atoms with van der Waals surface area (Å²) in [6, 6.07) is 9.52. The van der Waals surface area contributed by atoms with Crippen LogP contribution >= 0.6 is 0 Å². The first-order valence-corrected chi connectivity index (χ1v) is 15.3. The SMILES string of the molecule is COc1cc(Nc2ncc3c(=O)n4n(c3n2)-c2ccc3c(n2)N(CCCCCC#CC4)C(=O)CO3)cc(N2CCN(C)CC2)c1. The highest BCUT2D eigenvalue weighted by Crippen LogP contribution is 2.33. The number of hydrogen-bond acceptors (Lipinski definition) is 10. The smallest absolute Gasteiger partial charge is 0.279 e. The quantitative estimate of drug-likeness (QED) is 0.346. The fourth-order valence-electron chi connectivity index (χ4n) is 5.91. The maximum atomic E-state index is 13.7. The Kier molecular flexibility index (Phi) is 7.72. The second kappa shape index (κ2) is 12.1. The van der Waals surface area contributed by atoms with Crippen molar-refractivity contribution in [2.45, 2.75) is 32.2 Å². The fourth-order valence-corrected chi connectivity index (χ4v) is 5.91. The van der Waals surface area contributed by atoms with Crippen LogP contribution < -0.4 is 30.1 Å². The van der Waals surface area contributed by atoms with Gasteiger partial charge in [-0.15, -0.1) is 5.92 Å². The Morgan fingerprint density at radius 1 is 0.978 bits per heavy atom. The number of carbonyl (C=O) groups excluding carboxylic acids is 1. The number of likely N-dealkylation sites (N-methyl/N-ethyl adjacent to an activating group) is 1. The number of anilines is 4. The van der Waals surface area contributed by atoms with Gasteiger partial charge in [-0.1, -0.05) is 12.3 Å². The summed E-state index contributed by atoms with van der Waals surface area (Å²) in [6.07, 6.45) is 4.92. The maximum absolute atomic E-state index is 13.7. The molecule has 0 saturated carbocycles. The standard InChI is InChI=1S/C32H35N9O4/c1-37-13-15-38(16-14-37)23-17-22(18-24(19-23)44-2)34-32-33-20-25-29(36-32)41-27-10-9-26-30(35-27)39(28(42)21-45-26)11-7-5-3-4-6-8-12-40(41)31(25)43/h9-10,17-20H,3-5,7,11-16,21H2,1-2H3,(H,33,34,36). The van der Waals surface area contributed by atoms with Gasteiger partial charge in [-0.3, -0.25) is 14.5 Å². The molecule has 0 aliphatic carbocycles. The lowest BCUT2D eigenvalue weighted by Crippen LogP contribution is -2.44. The highest BCUT2D eigenvalue weighted by Gasteiger charge is 2.28. The molecule has 7 rings (SSSR count). The first kappa shape index (κ1) is 28.7. The minimum Gasteiger partial charge on any atom is -0.497 e. The van der Waals surface area contributed by atoms with Gasteiger partial charge in [0.1, 0.15) is 17.7 Å². The number of aromatic nitrogens is 5. The molecule has 0 radical (unpaired) electrons. The number of amides is 1. The Morgan fingerprint density at radius 2 is 1.84 bits per heavy atom. The highest BCUT2D eigenvalue weighted by molar-refractivity contribution is 5.96. The zero-order chi connectivity index (χ0) is 30.9. The van der Waals surface area contributed by atoms with Gasteiger partial charge < -0.3 is 24.6 Å². The van der Waals surface area contributed by atoms with Gasteiger partial charge in [0.25, 0.3) is 11.5 Å². The van der Waals surface area contributed by atoms with Crippen molar-refractivity contribution >= 4 is 40.1 Å². The van der Waals surface area contributed by atoms with Crippen molar-refractivity contribution in [3.05, 3.63) is 46.9 Å². The van der Waals surface area contributed by atoms with Crippen molar-refractivity contribution in [3.8, 4) is 29.2 Å². The van der Waals surface area contributed by atoms with E-state index in [1.807, 2.05) is 12.1 Å². The second-order valence-corrected chi connectivity index (χ2v) is 11.4. The number of ether oxygens (including phenoxy) is 2. The number of rotatable bonds is 4. The van der Waals surface area contributed by atoms with Crippen molar-refractivity contribution in [1.29, 1.82) is 0 Å². The van der Waals surface area contributed by atoms with E-state index >= 15 is 0 Å². The van der Waals surface area contributed by atoms with Gasteiger partial charge in [-0.2, -0.15) is 4.98 Å². The molecule has 1 saturated heterocycles. The number of hydrogen-bond donors (Lipinski definition) is 1. The average molecular weight is 610 g/mol. The summed E-state index contributed by atoms with van der Waals surface area (Å²) < 4.78 is 14.5. The summed E-state index contributed by atoms with van der Waals surface area (Å²) in [6.45, 7) is 4.44. The molecule has 1 N–H and O–H groups in total. The number of nitrogens with zero attached hydrogens (tertiary/aromatic N) is 8. The predicted octanol–water partition coefficient (Wildman–Crippen LogP) is 2.78. The van der Waals surface area contributed by atoms with Gasteiger partial charge >= 0.3 is 0 Å². The molecule has 45 heavy (non-hydrogen) atoms. The zero-order valence-corrected chi connectivity index (χ0v) is 25.5. The van der Waals surface area contributed by atoms with E-state index in [0.717, 1.165) is 56.8 Å². The van der Waals surface area contributed by atoms with Gasteiger partial charge in [-0.05, 0) is 38.1 Å². The molecular weight excluding hydrogens is 574 g/mol. The highest BCUT2D eigenvalue weighted by atomic mass is 16.5. The summed E-state index contributed by atoms with van der Waals surface area (Å²) in [7, 11) is 3.78. The molecule has 1 amide bonds. The zero-order valence-electron chi connectivity index (χ0n) is 25.5. The van der Waals surface area contributed by atoms with Crippen molar-refractivity contribution in [3.63, 3.8) is 0 Å². The van der Waals surface area contributed by atoms with Crippen LogP contribution in [0.15, 0.2) is 41.3 Å². The Balaban J connectivity index is 1.31. The third-order valence-electron chi connectivity index (χ3n) is 8.41. The molecule has 3 aromatic heterocycles. The van der Waals surface area contributed by atoms with Crippen LogP contribution in [-0.4, -0.2) is 88.6 Å². The molecule has 1 aromatic carbocycles. The number of fused-ring (bicyclic) bond motifs is 5. The molecule has 2 bridgehead atoms. The monoisotopic (exact) mass is 609 g/mol. The van der Waals surface area contributed by atoms with Crippen molar-refractivity contribution < 1.29 is 14.3 Å². The van der Waals surface area contributed by atoms with Crippen molar-refractivity contribution in [2.75, 3.05) is 68.6 Å². The molecule has 0 spiro atoms. The normalized spacial score (nSPS) is 17.2. The molecular formula is C32H35N9O4. The van der Waals surface area contributed by atoms with Crippen LogP contribution in [0.2, 0.25) is 0 Å². The minimum absolute atomic E-state index is 0.0281. The van der Waals surface area contributed by atoms with Crippen LogP contribution in [0.5, 0.6) is 11.5 Å². The lowest BCUT2D eigenvalue weighted by molar-refractivity contribution is -0.121. The number of piperazine rings is 1. The molecule has 0 unspecified atom stereocenters. The number of pyridine rings is 1. The van der Waals surface area contributed by atoms with Gasteiger partial charge in [0.2, 0.25) is 5.95 Å². The Hall–Kier alpha value is -5.09. The third-order valence-corrected chi connectivity index (χ3v) is 8.41. The molecule has 0 atom stereocenters. The van der Waals surface area contributed by atoms with Gasteiger partial charge in [0, 0.05) is 68.8 Å². The first-order valence-electron chi connectivity index (χ1n) is 15.3. The van der Waals surface area contributed by atoms with Crippen molar-refractivity contribution in [2.24, 2.45) is 0 Å². The fraction of sp³-hybridized carbons (Fsp3) is 0.406.